The maximum Gasteiger partial charge on any atom is 0.247 e. The Kier molecular flexibility index (Phi) is 9.36. The Labute approximate surface area is 279 Å². The van der Waals surface area contributed by atoms with Crippen LogP contribution in [0.5, 0.6) is 17.2 Å². The predicted octanol–water partition coefficient (Wildman–Crippen LogP) is 5.55. The van der Waals surface area contributed by atoms with Crippen molar-refractivity contribution in [1.29, 1.82) is 0 Å². The Hall–Kier alpha value is -5.17. The highest BCUT2D eigenvalue weighted by Gasteiger charge is 2.31. The second-order valence-electron chi connectivity index (χ2n) is 11.8. The van der Waals surface area contributed by atoms with Crippen LogP contribution in [0.1, 0.15) is 18.0 Å². The van der Waals surface area contributed by atoms with E-state index in [4.69, 9.17) is 19.0 Å². The average molecular weight is 650 g/mol. The van der Waals surface area contributed by atoms with Crippen LogP contribution in [0.25, 0.3) is 0 Å². The molecule has 3 fully saturated rings. The molecule has 1 unspecified atom stereocenters. The third kappa shape index (κ3) is 6.91. The molecule has 4 heterocycles. The Morgan fingerprint density at radius 3 is 2.52 bits per heavy atom. The van der Waals surface area contributed by atoms with E-state index in [0.29, 0.717) is 41.4 Å². The molecular formula is C36H39N7O5. The van der Waals surface area contributed by atoms with E-state index in [1.807, 2.05) is 71.8 Å². The van der Waals surface area contributed by atoms with Gasteiger partial charge in [-0.15, -0.1) is 0 Å². The fourth-order valence-electron chi connectivity index (χ4n) is 6.22. The quantitative estimate of drug-likeness (QED) is 0.200. The number of piperazine rings is 1. The van der Waals surface area contributed by atoms with E-state index >= 15 is 0 Å². The van der Waals surface area contributed by atoms with Crippen molar-refractivity contribution in [1.82, 2.24) is 14.9 Å². The van der Waals surface area contributed by atoms with Gasteiger partial charge < -0.3 is 29.7 Å². The third-order valence-corrected chi connectivity index (χ3v) is 8.82. The number of aromatic nitrogens is 2. The van der Waals surface area contributed by atoms with E-state index in [9.17, 15) is 4.79 Å². The first-order chi connectivity index (χ1) is 23.6. The topological polar surface area (TPSA) is 114 Å². The second kappa shape index (κ2) is 14.3. The van der Waals surface area contributed by atoms with Gasteiger partial charge in [-0.3, -0.25) is 14.5 Å². The summed E-state index contributed by atoms with van der Waals surface area (Å²) in [5.74, 6) is 2.99. The van der Waals surface area contributed by atoms with Crippen molar-refractivity contribution in [2.75, 3.05) is 73.7 Å². The Morgan fingerprint density at radius 1 is 0.958 bits per heavy atom. The molecule has 4 aromatic rings. The SMILES string of the molecule is C=CC(=O)Nc1cc(Nc2cc(N3OCCC3c3cccc(Oc4ccccc4)c3)ncn2)c(OC)cc1N1CCN(C2COC2)CC1. The van der Waals surface area contributed by atoms with E-state index in [2.05, 4.69) is 43.0 Å². The minimum Gasteiger partial charge on any atom is -0.494 e. The van der Waals surface area contributed by atoms with Gasteiger partial charge in [0.1, 0.15) is 29.4 Å². The van der Waals surface area contributed by atoms with E-state index in [0.717, 1.165) is 68.6 Å². The van der Waals surface area contributed by atoms with Crippen molar-refractivity contribution in [3.8, 4) is 17.2 Å². The maximum atomic E-state index is 12.5. The lowest BCUT2D eigenvalue weighted by molar-refractivity contribution is -0.111. The number of hydroxylamine groups is 1. The number of hydrogen-bond acceptors (Lipinski definition) is 11. The summed E-state index contributed by atoms with van der Waals surface area (Å²) in [4.78, 5) is 32.4. The zero-order valence-electron chi connectivity index (χ0n) is 26.9. The molecule has 48 heavy (non-hydrogen) atoms. The van der Waals surface area contributed by atoms with Crippen LogP contribution in [-0.2, 0) is 14.4 Å². The Balaban J connectivity index is 1.11. The molecule has 2 N–H and O–H groups in total. The van der Waals surface area contributed by atoms with Crippen LogP contribution in [-0.4, -0.2) is 79.9 Å². The van der Waals surface area contributed by atoms with Gasteiger partial charge in [-0.25, -0.2) is 15.0 Å². The number of benzene rings is 3. The monoisotopic (exact) mass is 649 g/mol. The van der Waals surface area contributed by atoms with Crippen molar-refractivity contribution < 1.29 is 23.8 Å². The molecule has 0 radical (unpaired) electrons. The first-order valence-corrected chi connectivity index (χ1v) is 16.1. The lowest BCUT2D eigenvalue weighted by Gasteiger charge is -2.43. The molecule has 0 aliphatic carbocycles. The number of carbonyl (C=O) groups excluding carboxylic acids is 1. The van der Waals surface area contributed by atoms with Crippen LogP contribution < -0.4 is 30.1 Å². The molecular weight excluding hydrogens is 610 g/mol. The first-order valence-electron chi connectivity index (χ1n) is 16.1. The molecule has 7 rings (SSSR count). The van der Waals surface area contributed by atoms with E-state index in [1.54, 1.807) is 7.11 Å². The van der Waals surface area contributed by atoms with Crippen molar-refractivity contribution in [2.24, 2.45) is 0 Å². The molecule has 0 bridgehead atoms. The van der Waals surface area contributed by atoms with E-state index in [1.165, 1.54) is 12.4 Å². The molecule has 1 aromatic heterocycles. The number of nitrogens with one attached hydrogen (secondary N) is 2. The zero-order valence-corrected chi connectivity index (χ0v) is 26.9. The summed E-state index contributed by atoms with van der Waals surface area (Å²) in [5, 5.41) is 8.19. The van der Waals surface area contributed by atoms with E-state index < -0.39 is 0 Å². The molecule has 1 atom stereocenters. The smallest absolute Gasteiger partial charge is 0.247 e. The Morgan fingerprint density at radius 2 is 1.77 bits per heavy atom. The Bertz CT molecular complexity index is 1740. The van der Waals surface area contributed by atoms with Crippen molar-refractivity contribution in [3.63, 3.8) is 0 Å². The van der Waals surface area contributed by atoms with Crippen molar-refractivity contribution in [3.05, 3.63) is 97.3 Å². The minimum atomic E-state index is -0.294. The number of para-hydroxylation sites is 1. The van der Waals surface area contributed by atoms with Gasteiger partial charge in [0, 0.05) is 44.7 Å². The molecule has 3 aliphatic heterocycles. The summed E-state index contributed by atoms with van der Waals surface area (Å²) in [7, 11) is 1.63. The third-order valence-electron chi connectivity index (χ3n) is 8.82. The van der Waals surface area contributed by atoms with E-state index in [-0.39, 0.29) is 11.9 Å². The molecule has 12 nitrogen and oxygen atoms in total. The van der Waals surface area contributed by atoms with Gasteiger partial charge >= 0.3 is 0 Å². The number of hydrogen-bond donors (Lipinski definition) is 2. The molecule has 0 spiro atoms. The summed E-state index contributed by atoms with van der Waals surface area (Å²) >= 11 is 0. The molecule has 3 saturated heterocycles. The van der Waals surface area contributed by atoms with Gasteiger partial charge in [0.15, 0.2) is 5.82 Å². The molecule has 12 heteroatoms. The predicted molar refractivity (Wildman–Crippen MR) is 184 cm³/mol. The number of nitrogens with zero attached hydrogens (tertiary/aromatic N) is 5. The number of anilines is 5. The highest BCUT2D eigenvalue weighted by atomic mass is 16.7. The van der Waals surface area contributed by atoms with Crippen molar-refractivity contribution in [2.45, 2.75) is 18.5 Å². The van der Waals surface area contributed by atoms with Crippen LogP contribution in [0.3, 0.4) is 0 Å². The van der Waals surface area contributed by atoms with Gasteiger partial charge in [0.2, 0.25) is 5.91 Å². The van der Waals surface area contributed by atoms with Crippen molar-refractivity contribution >= 4 is 34.6 Å². The summed E-state index contributed by atoms with van der Waals surface area (Å²) in [6.45, 7) is 9.24. The number of amides is 1. The lowest BCUT2D eigenvalue weighted by Crippen LogP contribution is -2.56. The first kappa shape index (κ1) is 31.4. The van der Waals surface area contributed by atoms with Gasteiger partial charge in [0.05, 0.1) is 56.1 Å². The molecule has 3 aromatic carbocycles. The fourth-order valence-corrected chi connectivity index (χ4v) is 6.22. The van der Waals surface area contributed by atoms with Gasteiger partial charge in [0.25, 0.3) is 0 Å². The molecule has 248 valence electrons. The van der Waals surface area contributed by atoms with Gasteiger partial charge in [-0.1, -0.05) is 36.9 Å². The number of ether oxygens (including phenoxy) is 3. The highest BCUT2D eigenvalue weighted by molar-refractivity contribution is 6.02. The number of rotatable bonds is 11. The normalized spacial score (nSPS) is 18.2. The number of carbonyl (C=O) groups is 1. The van der Waals surface area contributed by atoms with Crippen LogP contribution in [0.15, 0.2) is 91.8 Å². The van der Waals surface area contributed by atoms with Crippen LogP contribution in [0, 0.1) is 0 Å². The fraction of sp³-hybridized carbons (Fsp3) is 0.306. The van der Waals surface area contributed by atoms with Gasteiger partial charge in [-0.2, -0.15) is 0 Å². The minimum absolute atomic E-state index is 0.0705. The van der Waals surface area contributed by atoms with Crippen LogP contribution in [0.4, 0.5) is 28.7 Å². The highest BCUT2D eigenvalue weighted by Crippen LogP contribution is 2.40. The van der Waals surface area contributed by atoms with Gasteiger partial charge in [-0.05, 0) is 42.0 Å². The maximum absolute atomic E-state index is 12.5. The summed E-state index contributed by atoms with van der Waals surface area (Å²) in [5.41, 5.74) is 3.22. The lowest BCUT2D eigenvalue weighted by atomic mass is 10.0. The summed E-state index contributed by atoms with van der Waals surface area (Å²) < 4.78 is 17.3. The van der Waals surface area contributed by atoms with Crippen LogP contribution >= 0.6 is 0 Å². The van der Waals surface area contributed by atoms with Crippen LogP contribution in [0.2, 0.25) is 0 Å². The standard InChI is InChI=1S/C36H39N7O5/c1-3-36(44)40-29-19-30(33(45-2)20-32(29)42-15-13-41(14-16-42)26-22-46-23-26)39-34-21-35(38-24-37-34)43-31(12-17-47-43)25-8-7-11-28(18-25)48-27-9-5-4-6-10-27/h3-11,18-21,24,26,31H,1,12-17,22-23H2,2H3,(H,40,44)(H,37,38,39). The largest absolute Gasteiger partial charge is 0.494 e. The summed E-state index contributed by atoms with van der Waals surface area (Å²) in [6.07, 6.45) is 3.55. The zero-order chi connectivity index (χ0) is 32.9. The number of methoxy groups -OCH3 is 1. The molecule has 1 amide bonds. The second-order valence-corrected chi connectivity index (χ2v) is 11.8. The molecule has 0 saturated carbocycles. The average Bonchev–Trinajstić information content (AvgIpc) is 3.59. The molecule has 3 aliphatic rings. The summed E-state index contributed by atoms with van der Waals surface area (Å²) in [6, 6.07) is 23.8.